The summed E-state index contributed by atoms with van der Waals surface area (Å²) in [6, 6.07) is 9.15. The normalized spacial score (nSPS) is 19.9. The molecule has 6 nitrogen and oxygen atoms in total. The van der Waals surface area contributed by atoms with Crippen LogP contribution >= 0.6 is 35.3 Å². The van der Waals surface area contributed by atoms with Crippen molar-refractivity contribution in [2.45, 2.75) is 44.2 Å². The molecule has 0 bridgehead atoms. The highest BCUT2D eigenvalue weighted by Gasteiger charge is 2.25. The molecule has 0 spiro atoms. The summed E-state index contributed by atoms with van der Waals surface area (Å²) in [6.45, 7) is 5.28. The van der Waals surface area contributed by atoms with Gasteiger partial charge in [-0.05, 0) is 68.4 Å². The van der Waals surface area contributed by atoms with Crippen LogP contribution in [0.2, 0.25) is 0 Å². The van der Waals surface area contributed by atoms with E-state index in [0.717, 1.165) is 57.3 Å². The molecule has 0 radical (unpaired) electrons. The molecule has 166 valence electrons. The molecule has 4 rings (SSSR count). The summed E-state index contributed by atoms with van der Waals surface area (Å²) in [5.74, 6) is 1.94. The predicted octanol–water partition coefficient (Wildman–Crippen LogP) is 4.32. The Bertz CT molecular complexity index is 738. The van der Waals surface area contributed by atoms with Crippen LogP contribution in [0.1, 0.15) is 43.9 Å². The zero-order valence-corrected chi connectivity index (χ0v) is 20.9. The first-order valence-corrected chi connectivity index (χ1v) is 11.7. The van der Waals surface area contributed by atoms with Crippen LogP contribution in [0.3, 0.4) is 0 Å². The summed E-state index contributed by atoms with van der Waals surface area (Å²) in [5.41, 5.74) is 0. The van der Waals surface area contributed by atoms with E-state index < -0.39 is 0 Å². The maximum atomic E-state index is 5.77. The number of guanidine groups is 1. The van der Waals surface area contributed by atoms with Crippen LogP contribution in [-0.4, -0.2) is 56.7 Å². The van der Waals surface area contributed by atoms with E-state index in [4.69, 9.17) is 4.42 Å². The van der Waals surface area contributed by atoms with Crippen molar-refractivity contribution in [3.8, 4) is 0 Å². The maximum absolute atomic E-state index is 5.77. The number of rotatable bonds is 6. The number of hydrogen-bond acceptors (Lipinski definition) is 5. The number of hydrogen-bond donors (Lipinski definition) is 2. The zero-order valence-electron chi connectivity index (χ0n) is 17.8. The molecule has 0 aromatic carbocycles. The van der Waals surface area contributed by atoms with Gasteiger partial charge in [0.05, 0.1) is 17.3 Å². The van der Waals surface area contributed by atoms with Gasteiger partial charge in [-0.3, -0.25) is 9.89 Å². The van der Waals surface area contributed by atoms with E-state index in [1.807, 2.05) is 24.5 Å². The average Bonchev–Trinajstić information content (AvgIpc) is 3.49. The van der Waals surface area contributed by atoms with Gasteiger partial charge in [-0.15, -0.1) is 35.3 Å². The molecule has 0 aliphatic carbocycles. The Kier molecular flexibility index (Phi) is 9.32. The van der Waals surface area contributed by atoms with E-state index in [9.17, 15) is 0 Å². The van der Waals surface area contributed by atoms with Crippen LogP contribution in [0.15, 0.2) is 45.3 Å². The monoisotopic (exact) mass is 543 g/mol. The molecule has 2 N–H and O–H groups in total. The fourth-order valence-electron chi connectivity index (χ4n) is 4.40. The van der Waals surface area contributed by atoms with Crippen molar-refractivity contribution in [3.05, 3.63) is 41.7 Å². The first-order valence-electron chi connectivity index (χ1n) is 10.9. The highest BCUT2D eigenvalue weighted by Crippen LogP contribution is 2.26. The van der Waals surface area contributed by atoms with Crippen molar-refractivity contribution in [1.82, 2.24) is 15.5 Å². The minimum absolute atomic E-state index is 0. The maximum Gasteiger partial charge on any atom is 0.191 e. The molecule has 1 unspecified atom stereocenters. The van der Waals surface area contributed by atoms with Gasteiger partial charge in [-0.25, -0.2) is 0 Å². The van der Waals surface area contributed by atoms with E-state index in [1.54, 1.807) is 6.26 Å². The van der Waals surface area contributed by atoms with E-state index in [1.165, 1.54) is 24.3 Å². The molecule has 30 heavy (non-hydrogen) atoms. The molecule has 0 amide bonds. The van der Waals surface area contributed by atoms with Gasteiger partial charge >= 0.3 is 0 Å². The first kappa shape index (κ1) is 23.4. The third-order valence-corrected chi connectivity index (χ3v) is 6.97. The van der Waals surface area contributed by atoms with Gasteiger partial charge < -0.3 is 20.0 Å². The van der Waals surface area contributed by atoms with Gasteiger partial charge in [0.25, 0.3) is 0 Å². The van der Waals surface area contributed by atoms with Crippen molar-refractivity contribution in [1.29, 1.82) is 0 Å². The third kappa shape index (κ3) is 6.13. The number of aliphatic imine (C=N–C) groups is 1. The number of nitrogens with one attached hydrogen (secondary N) is 2. The highest BCUT2D eigenvalue weighted by atomic mass is 127. The molecule has 2 fully saturated rings. The summed E-state index contributed by atoms with van der Waals surface area (Å²) in [5, 5.41) is 10.7. The lowest BCUT2D eigenvalue weighted by Gasteiger charge is -2.35. The van der Waals surface area contributed by atoms with Crippen LogP contribution in [0.25, 0.3) is 0 Å². The van der Waals surface area contributed by atoms with Crippen LogP contribution in [0.4, 0.5) is 5.00 Å². The van der Waals surface area contributed by atoms with Crippen molar-refractivity contribution in [2.24, 2.45) is 4.99 Å². The van der Waals surface area contributed by atoms with Gasteiger partial charge in [0.2, 0.25) is 0 Å². The van der Waals surface area contributed by atoms with Crippen LogP contribution in [0.5, 0.6) is 0 Å². The number of thiophene rings is 1. The molecule has 2 aromatic rings. The molecule has 2 aliphatic heterocycles. The smallest absolute Gasteiger partial charge is 0.191 e. The van der Waals surface area contributed by atoms with Gasteiger partial charge in [0.15, 0.2) is 5.96 Å². The van der Waals surface area contributed by atoms with Gasteiger partial charge in [0, 0.05) is 32.7 Å². The Morgan fingerprint density at radius 3 is 2.60 bits per heavy atom. The SMILES string of the molecule is CN=C(NCC(c1ccco1)N1CCCCC1)NC1CCN(c2cccs2)CC1.I. The molecule has 2 aromatic heterocycles. The van der Waals surface area contributed by atoms with Crippen molar-refractivity contribution in [2.75, 3.05) is 44.7 Å². The summed E-state index contributed by atoms with van der Waals surface area (Å²) in [4.78, 5) is 9.52. The minimum Gasteiger partial charge on any atom is -0.468 e. The van der Waals surface area contributed by atoms with Gasteiger partial charge in [0.1, 0.15) is 5.76 Å². The largest absolute Gasteiger partial charge is 0.468 e. The molecular formula is C22H34IN5OS. The standard InChI is InChI=1S/C22H33N5OS.HI/c1-23-22(25-18-9-13-27(14-10-18)21-8-6-16-29-21)24-17-19(20-7-5-15-28-20)26-11-3-2-4-12-26;/h5-8,15-16,18-19H,2-4,9-14,17H2,1H3,(H2,23,24,25);1H. The van der Waals surface area contributed by atoms with Crippen molar-refractivity contribution < 1.29 is 4.42 Å². The Balaban J connectivity index is 0.00000256. The molecule has 2 aliphatic rings. The van der Waals surface area contributed by atoms with Gasteiger partial charge in [-0.1, -0.05) is 6.42 Å². The quantitative estimate of drug-likeness (QED) is 0.323. The van der Waals surface area contributed by atoms with Crippen LogP contribution in [-0.2, 0) is 0 Å². The molecule has 1 atom stereocenters. The number of piperidine rings is 2. The zero-order chi connectivity index (χ0) is 19.9. The number of likely N-dealkylation sites (tertiary alicyclic amines) is 1. The molecule has 4 heterocycles. The first-order chi connectivity index (χ1) is 14.3. The van der Waals surface area contributed by atoms with Crippen molar-refractivity contribution >= 4 is 46.3 Å². The van der Waals surface area contributed by atoms with E-state index in [-0.39, 0.29) is 30.0 Å². The molecule has 8 heteroatoms. The lowest BCUT2D eigenvalue weighted by atomic mass is 10.1. The van der Waals surface area contributed by atoms with E-state index in [0.29, 0.717) is 6.04 Å². The van der Waals surface area contributed by atoms with Crippen LogP contribution in [0, 0.1) is 0 Å². The second kappa shape index (κ2) is 12.0. The number of nitrogens with zero attached hydrogens (tertiary/aromatic N) is 3. The van der Waals surface area contributed by atoms with E-state index in [2.05, 4.69) is 49.0 Å². The second-order valence-electron chi connectivity index (χ2n) is 7.94. The fraction of sp³-hybridized carbons (Fsp3) is 0.591. The Hall–Kier alpha value is -1.26. The molecular weight excluding hydrogens is 509 g/mol. The number of halogens is 1. The Morgan fingerprint density at radius 2 is 1.97 bits per heavy atom. The summed E-state index contributed by atoms with van der Waals surface area (Å²) in [6.07, 6.45) is 7.92. The predicted molar refractivity (Wildman–Crippen MR) is 136 cm³/mol. The molecule has 0 saturated carbocycles. The molecule has 2 saturated heterocycles. The summed E-state index contributed by atoms with van der Waals surface area (Å²) >= 11 is 1.83. The fourth-order valence-corrected chi connectivity index (χ4v) is 5.18. The summed E-state index contributed by atoms with van der Waals surface area (Å²) in [7, 11) is 1.86. The lowest BCUT2D eigenvalue weighted by Crippen LogP contribution is -2.50. The van der Waals surface area contributed by atoms with Gasteiger partial charge in [-0.2, -0.15) is 0 Å². The Labute approximate surface area is 201 Å². The minimum atomic E-state index is 0. The topological polar surface area (TPSA) is 56.0 Å². The number of anilines is 1. The lowest BCUT2D eigenvalue weighted by molar-refractivity contribution is 0.146. The third-order valence-electron chi connectivity index (χ3n) is 6.04. The highest BCUT2D eigenvalue weighted by molar-refractivity contribution is 14.0. The van der Waals surface area contributed by atoms with Crippen molar-refractivity contribution in [3.63, 3.8) is 0 Å². The Morgan fingerprint density at radius 1 is 1.17 bits per heavy atom. The van der Waals surface area contributed by atoms with E-state index >= 15 is 0 Å². The average molecular weight is 544 g/mol. The summed E-state index contributed by atoms with van der Waals surface area (Å²) < 4.78 is 5.77. The number of furan rings is 1. The second-order valence-corrected chi connectivity index (χ2v) is 8.86. The van der Waals surface area contributed by atoms with Crippen LogP contribution < -0.4 is 15.5 Å².